The quantitative estimate of drug-likeness (QED) is 0.298. The van der Waals surface area contributed by atoms with Gasteiger partial charge in [0.2, 0.25) is 0 Å². The fraction of sp³-hybridized carbons (Fsp3) is 0.318. The number of carbonyl (C=O) groups is 1. The zero-order chi connectivity index (χ0) is 19.6. The smallest absolute Gasteiger partial charge is 0.348 e. The normalized spacial score (nSPS) is 11.0. The first-order chi connectivity index (χ1) is 13.0. The summed E-state index contributed by atoms with van der Waals surface area (Å²) in [6.07, 6.45) is 4.99. The van der Waals surface area contributed by atoms with E-state index in [0.717, 1.165) is 41.0 Å². The van der Waals surface area contributed by atoms with Crippen LogP contribution in [-0.4, -0.2) is 17.6 Å². The molecule has 0 aliphatic heterocycles. The zero-order valence-electron chi connectivity index (χ0n) is 16.0. The molecule has 0 unspecified atom stereocenters. The Hall–Kier alpha value is -3.13. The molecule has 0 aliphatic carbocycles. The van der Waals surface area contributed by atoms with Crippen LogP contribution >= 0.6 is 0 Å². The molecule has 1 aromatic heterocycles. The van der Waals surface area contributed by atoms with Crippen molar-refractivity contribution in [2.45, 2.75) is 40.2 Å². The lowest BCUT2D eigenvalue weighted by molar-refractivity contribution is -0.138. The average molecular weight is 364 g/mol. The van der Waals surface area contributed by atoms with Gasteiger partial charge in [-0.2, -0.15) is 5.26 Å². The number of aromatic nitrogens is 1. The SMILES string of the molecule is CCCCOC(=O)/C(C#N)=C\c1cc(C)c(OCc2ccccn2)c(C)c1. The number of esters is 1. The van der Waals surface area contributed by atoms with Crippen molar-refractivity contribution < 1.29 is 14.3 Å². The van der Waals surface area contributed by atoms with Crippen molar-refractivity contribution in [1.82, 2.24) is 4.98 Å². The molecule has 5 heteroatoms. The number of unbranched alkanes of at least 4 members (excludes halogenated alkanes) is 1. The molecular weight excluding hydrogens is 340 g/mol. The molecule has 0 bridgehead atoms. The minimum Gasteiger partial charge on any atom is -0.487 e. The van der Waals surface area contributed by atoms with Gasteiger partial charge in [-0.15, -0.1) is 0 Å². The van der Waals surface area contributed by atoms with Crippen molar-refractivity contribution in [3.63, 3.8) is 0 Å². The molecule has 0 amide bonds. The molecule has 140 valence electrons. The molecule has 2 rings (SSSR count). The fourth-order valence-corrected chi connectivity index (χ4v) is 2.61. The number of nitrogens with zero attached hydrogens (tertiary/aromatic N) is 2. The monoisotopic (exact) mass is 364 g/mol. The first-order valence-corrected chi connectivity index (χ1v) is 8.98. The third-order valence-corrected chi connectivity index (χ3v) is 3.96. The predicted molar refractivity (Wildman–Crippen MR) is 104 cm³/mol. The highest BCUT2D eigenvalue weighted by atomic mass is 16.5. The van der Waals surface area contributed by atoms with Crippen LogP contribution in [0.3, 0.4) is 0 Å². The molecule has 0 N–H and O–H groups in total. The summed E-state index contributed by atoms with van der Waals surface area (Å²) in [6, 6.07) is 11.4. The van der Waals surface area contributed by atoms with Crippen LogP contribution in [0.5, 0.6) is 5.75 Å². The second kappa shape index (κ2) is 10.1. The molecule has 5 nitrogen and oxygen atoms in total. The van der Waals surface area contributed by atoms with Gasteiger partial charge in [-0.1, -0.05) is 19.4 Å². The van der Waals surface area contributed by atoms with Gasteiger partial charge < -0.3 is 9.47 Å². The largest absolute Gasteiger partial charge is 0.487 e. The predicted octanol–water partition coefficient (Wildman–Crippen LogP) is 4.53. The maximum atomic E-state index is 12.0. The van der Waals surface area contributed by atoms with Crippen LogP contribution in [0.15, 0.2) is 42.1 Å². The summed E-state index contributed by atoms with van der Waals surface area (Å²) in [6.45, 7) is 6.59. The number of pyridine rings is 1. The number of rotatable bonds is 8. The van der Waals surface area contributed by atoms with E-state index in [9.17, 15) is 10.1 Å². The second-order valence-electron chi connectivity index (χ2n) is 6.25. The molecule has 0 saturated heterocycles. The third-order valence-electron chi connectivity index (χ3n) is 3.96. The summed E-state index contributed by atoms with van der Waals surface area (Å²) in [5, 5.41) is 9.27. The Morgan fingerprint density at radius 2 is 2.00 bits per heavy atom. The molecule has 1 heterocycles. The molecule has 0 spiro atoms. The van der Waals surface area contributed by atoms with Crippen LogP contribution in [0.2, 0.25) is 0 Å². The summed E-state index contributed by atoms with van der Waals surface area (Å²) in [4.78, 5) is 16.3. The van der Waals surface area contributed by atoms with Crippen LogP contribution in [0.1, 0.15) is 42.1 Å². The summed E-state index contributed by atoms with van der Waals surface area (Å²) >= 11 is 0. The number of hydrogen-bond acceptors (Lipinski definition) is 5. The van der Waals surface area contributed by atoms with Gasteiger partial charge in [0.1, 0.15) is 24.0 Å². The van der Waals surface area contributed by atoms with Crippen LogP contribution in [0.4, 0.5) is 0 Å². The van der Waals surface area contributed by atoms with Crippen LogP contribution in [0.25, 0.3) is 6.08 Å². The molecule has 0 aliphatic rings. The van der Waals surface area contributed by atoms with Crippen molar-refractivity contribution in [1.29, 1.82) is 5.26 Å². The molecule has 0 atom stereocenters. The minimum absolute atomic E-state index is 0.00735. The molecule has 0 fully saturated rings. The third kappa shape index (κ3) is 5.96. The van der Waals surface area contributed by atoms with E-state index in [1.807, 2.05) is 57.2 Å². The lowest BCUT2D eigenvalue weighted by atomic mass is 10.0. The van der Waals surface area contributed by atoms with E-state index in [2.05, 4.69) is 4.98 Å². The van der Waals surface area contributed by atoms with E-state index in [4.69, 9.17) is 9.47 Å². The number of hydrogen-bond donors (Lipinski definition) is 0. The Balaban J connectivity index is 2.14. The van der Waals surface area contributed by atoms with Gasteiger partial charge in [-0.05, 0) is 67.3 Å². The lowest BCUT2D eigenvalue weighted by Crippen LogP contribution is -2.08. The van der Waals surface area contributed by atoms with E-state index in [-0.39, 0.29) is 5.57 Å². The molecular formula is C22H24N2O3. The average Bonchev–Trinajstić information content (AvgIpc) is 2.66. The maximum Gasteiger partial charge on any atom is 0.348 e. The first-order valence-electron chi connectivity index (χ1n) is 8.98. The van der Waals surface area contributed by atoms with Gasteiger partial charge in [0.05, 0.1) is 12.3 Å². The maximum absolute atomic E-state index is 12.0. The number of ether oxygens (including phenoxy) is 2. The van der Waals surface area contributed by atoms with Crippen LogP contribution in [-0.2, 0) is 16.1 Å². The molecule has 1 aromatic carbocycles. The van der Waals surface area contributed by atoms with E-state index in [0.29, 0.717) is 13.2 Å². The van der Waals surface area contributed by atoms with Crippen molar-refractivity contribution in [3.8, 4) is 11.8 Å². The molecule has 0 saturated carbocycles. The standard InChI is InChI=1S/C22H24N2O3/c1-4-5-10-26-22(25)19(14-23)13-18-11-16(2)21(17(3)12-18)27-15-20-8-6-7-9-24-20/h6-9,11-13H,4-5,10,15H2,1-3H3/b19-13-. The second-order valence-corrected chi connectivity index (χ2v) is 6.25. The van der Waals surface area contributed by atoms with Crippen molar-refractivity contribution in [2.24, 2.45) is 0 Å². The van der Waals surface area contributed by atoms with E-state index in [1.54, 1.807) is 12.3 Å². The summed E-state index contributed by atoms with van der Waals surface area (Å²) in [7, 11) is 0. The number of aryl methyl sites for hydroxylation is 2. The van der Waals surface area contributed by atoms with Gasteiger partial charge in [-0.3, -0.25) is 4.98 Å². The Bertz CT molecular complexity index is 829. The van der Waals surface area contributed by atoms with Gasteiger partial charge >= 0.3 is 5.97 Å². The fourth-order valence-electron chi connectivity index (χ4n) is 2.61. The van der Waals surface area contributed by atoms with Gasteiger partial charge in [-0.25, -0.2) is 4.79 Å². The number of benzene rings is 1. The highest BCUT2D eigenvalue weighted by Gasteiger charge is 2.12. The highest BCUT2D eigenvalue weighted by Crippen LogP contribution is 2.26. The van der Waals surface area contributed by atoms with E-state index >= 15 is 0 Å². The number of nitriles is 1. The van der Waals surface area contributed by atoms with Gasteiger partial charge in [0.25, 0.3) is 0 Å². The topological polar surface area (TPSA) is 72.2 Å². The molecule has 0 radical (unpaired) electrons. The highest BCUT2D eigenvalue weighted by molar-refractivity contribution is 5.97. The number of carbonyl (C=O) groups excluding carboxylic acids is 1. The molecule has 27 heavy (non-hydrogen) atoms. The van der Waals surface area contributed by atoms with Crippen molar-refractivity contribution in [3.05, 3.63) is 64.5 Å². The van der Waals surface area contributed by atoms with Gasteiger partial charge in [0, 0.05) is 6.20 Å². The Labute approximate surface area is 160 Å². The van der Waals surface area contributed by atoms with E-state index in [1.165, 1.54) is 0 Å². The van der Waals surface area contributed by atoms with E-state index < -0.39 is 5.97 Å². The van der Waals surface area contributed by atoms with Crippen LogP contribution < -0.4 is 4.74 Å². The Morgan fingerprint density at radius 3 is 2.59 bits per heavy atom. The lowest BCUT2D eigenvalue weighted by Gasteiger charge is -2.13. The Morgan fingerprint density at radius 1 is 1.26 bits per heavy atom. The first kappa shape index (κ1) is 20.2. The van der Waals surface area contributed by atoms with Crippen LogP contribution in [0, 0.1) is 25.2 Å². The summed E-state index contributed by atoms with van der Waals surface area (Å²) in [5.74, 6) is 0.193. The molecule has 2 aromatic rings. The zero-order valence-corrected chi connectivity index (χ0v) is 16.0. The minimum atomic E-state index is -0.586. The Kier molecular flexibility index (Phi) is 7.57. The summed E-state index contributed by atoms with van der Waals surface area (Å²) < 4.78 is 11.0. The van der Waals surface area contributed by atoms with Crippen molar-refractivity contribution in [2.75, 3.05) is 6.61 Å². The van der Waals surface area contributed by atoms with Gasteiger partial charge in [0.15, 0.2) is 0 Å². The van der Waals surface area contributed by atoms with Crippen molar-refractivity contribution >= 4 is 12.0 Å². The summed E-state index contributed by atoms with van der Waals surface area (Å²) in [5.41, 5.74) is 3.45.